The van der Waals surface area contributed by atoms with Crippen molar-refractivity contribution in [2.24, 2.45) is 0 Å². The molecule has 0 radical (unpaired) electrons. The van der Waals surface area contributed by atoms with Crippen LogP contribution in [-0.2, 0) is 11.2 Å². The van der Waals surface area contributed by atoms with Crippen molar-refractivity contribution in [3.63, 3.8) is 0 Å². The summed E-state index contributed by atoms with van der Waals surface area (Å²) in [6.07, 6.45) is 0.667. The van der Waals surface area contributed by atoms with Gasteiger partial charge in [-0.2, -0.15) is 0 Å². The van der Waals surface area contributed by atoms with Gasteiger partial charge in [-0.1, -0.05) is 13.0 Å². The van der Waals surface area contributed by atoms with Crippen molar-refractivity contribution in [1.29, 1.82) is 0 Å². The molecule has 0 bridgehead atoms. The van der Waals surface area contributed by atoms with E-state index in [1.54, 1.807) is 6.07 Å². The van der Waals surface area contributed by atoms with Gasteiger partial charge < -0.3 is 4.74 Å². The highest BCUT2D eigenvalue weighted by molar-refractivity contribution is 7.80. The van der Waals surface area contributed by atoms with Crippen LogP contribution >= 0.6 is 12.2 Å². The van der Waals surface area contributed by atoms with E-state index < -0.39 is 0 Å². The number of thiocarbonyl (C=S) groups is 1. The Morgan fingerprint density at radius 2 is 2.07 bits per heavy atom. The van der Waals surface area contributed by atoms with Crippen molar-refractivity contribution in [1.82, 2.24) is 0 Å². The molecule has 0 unspecified atom stereocenters. The highest BCUT2D eigenvalue weighted by atomic mass is 32.1. The summed E-state index contributed by atoms with van der Waals surface area (Å²) in [7, 11) is 0. The summed E-state index contributed by atoms with van der Waals surface area (Å²) in [5.74, 6) is -0.240. The number of halogens is 1. The van der Waals surface area contributed by atoms with Gasteiger partial charge in [0.25, 0.3) is 0 Å². The fraction of sp³-hybridized carbons (Fsp3) is 0.417. The first-order valence-corrected chi connectivity index (χ1v) is 5.47. The number of aryl methyl sites for hydroxylation is 1. The standard InChI is InChI=1S/C12H15FOS/c1-4-9-8(3)6-7-10(11(9)13)12(15)14-5-2/h6-7H,4-5H2,1-3H3. The molecular formula is C12H15FOS. The van der Waals surface area contributed by atoms with E-state index in [0.29, 0.717) is 18.6 Å². The van der Waals surface area contributed by atoms with Crippen LogP contribution < -0.4 is 0 Å². The van der Waals surface area contributed by atoms with Gasteiger partial charge >= 0.3 is 0 Å². The van der Waals surface area contributed by atoms with E-state index in [9.17, 15) is 4.39 Å². The van der Waals surface area contributed by atoms with Crippen LogP contribution in [0.25, 0.3) is 0 Å². The van der Waals surface area contributed by atoms with Gasteiger partial charge in [0.05, 0.1) is 12.2 Å². The van der Waals surface area contributed by atoms with E-state index in [1.807, 2.05) is 26.8 Å². The van der Waals surface area contributed by atoms with Gasteiger partial charge in [0.2, 0.25) is 0 Å². The van der Waals surface area contributed by atoms with Gasteiger partial charge in [-0.25, -0.2) is 4.39 Å². The van der Waals surface area contributed by atoms with E-state index in [-0.39, 0.29) is 10.9 Å². The zero-order valence-electron chi connectivity index (χ0n) is 9.26. The second-order valence-electron chi connectivity index (χ2n) is 3.30. The molecular weight excluding hydrogens is 211 g/mol. The lowest BCUT2D eigenvalue weighted by Gasteiger charge is -2.11. The summed E-state index contributed by atoms with van der Waals surface area (Å²) in [5, 5.41) is 0.240. The number of hydrogen-bond donors (Lipinski definition) is 0. The predicted octanol–water partition coefficient (Wildman–Crippen LogP) is 3.41. The Morgan fingerprint density at radius 1 is 1.40 bits per heavy atom. The third kappa shape index (κ3) is 2.53. The van der Waals surface area contributed by atoms with Crippen molar-refractivity contribution in [3.05, 3.63) is 34.6 Å². The second-order valence-corrected chi connectivity index (χ2v) is 3.67. The van der Waals surface area contributed by atoms with Crippen molar-refractivity contribution in [3.8, 4) is 0 Å². The quantitative estimate of drug-likeness (QED) is 0.730. The van der Waals surface area contributed by atoms with E-state index in [4.69, 9.17) is 17.0 Å². The molecule has 0 fully saturated rings. The molecule has 0 N–H and O–H groups in total. The summed E-state index contributed by atoms with van der Waals surface area (Å²) in [4.78, 5) is 0. The Bertz CT molecular complexity index is 374. The minimum absolute atomic E-state index is 0.240. The van der Waals surface area contributed by atoms with Gasteiger partial charge in [-0.05, 0) is 49.7 Å². The summed E-state index contributed by atoms with van der Waals surface area (Å²) >= 11 is 5.00. The fourth-order valence-electron chi connectivity index (χ4n) is 1.52. The normalized spacial score (nSPS) is 10.1. The minimum Gasteiger partial charge on any atom is -0.483 e. The summed E-state index contributed by atoms with van der Waals surface area (Å²) < 4.78 is 19.1. The van der Waals surface area contributed by atoms with Crippen molar-refractivity contribution < 1.29 is 9.13 Å². The molecule has 0 saturated heterocycles. The maximum Gasteiger partial charge on any atom is 0.194 e. The summed E-state index contributed by atoms with van der Waals surface area (Å²) in [6.45, 7) is 6.13. The molecule has 0 amide bonds. The molecule has 0 aromatic heterocycles. The van der Waals surface area contributed by atoms with Crippen LogP contribution in [0.1, 0.15) is 30.5 Å². The van der Waals surface area contributed by atoms with Crippen molar-refractivity contribution in [2.45, 2.75) is 27.2 Å². The van der Waals surface area contributed by atoms with Crippen LogP contribution in [0, 0.1) is 12.7 Å². The first-order valence-electron chi connectivity index (χ1n) is 5.06. The average Bonchev–Trinajstić information content (AvgIpc) is 2.18. The van der Waals surface area contributed by atoms with Crippen LogP contribution in [0.5, 0.6) is 0 Å². The Morgan fingerprint density at radius 3 is 2.60 bits per heavy atom. The largest absolute Gasteiger partial charge is 0.483 e. The van der Waals surface area contributed by atoms with Gasteiger partial charge in [0.1, 0.15) is 5.82 Å². The Kier molecular flexibility index (Phi) is 4.21. The number of benzene rings is 1. The fourth-order valence-corrected chi connectivity index (χ4v) is 1.79. The zero-order chi connectivity index (χ0) is 11.4. The third-order valence-corrected chi connectivity index (χ3v) is 2.66. The lowest BCUT2D eigenvalue weighted by Crippen LogP contribution is -2.08. The highest BCUT2D eigenvalue weighted by Gasteiger charge is 2.13. The first kappa shape index (κ1) is 12.1. The zero-order valence-corrected chi connectivity index (χ0v) is 10.1. The Labute approximate surface area is 95.3 Å². The molecule has 0 heterocycles. The maximum absolute atomic E-state index is 13.9. The van der Waals surface area contributed by atoms with Crippen LogP contribution in [0.15, 0.2) is 12.1 Å². The molecule has 15 heavy (non-hydrogen) atoms. The highest BCUT2D eigenvalue weighted by Crippen LogP contribution is 2.19. The van der Waals surface area contributed by atoms with Crippen molar-refractivity contribution in [2.75, 3.05) is 6.61 Å². The van der Waals surface area contributed by atoms with Crippen molar-refractivity contribution >= 4 is 17.3 Å². The lowest BCUT2D eigenvalue weighted by atomic mass is 10.0. The van der Waals surface area contributed by atoms with E-state index in [2.05, 4.69) is 0 Å². The van der Waals surface area contributed by atoms with Gasteiger partial charge in [0.15, 0.2) is 5.05 Å². The van der Waals surface area contributed by atoms with Gasteiger partial charge in [-0.15, -0.1) is 0 Å². The first-order chi connectivity index (χ1) is 7.11. The smallest absolute Gasteiger partial charge is 0.194 e. The molecule has 3 heteroatoms. The molecule has 0 aliphatic carbocycles. The predicted molar refractivity (Wildman–Crippen MR) is 63.8 cm³/mol. The number of rotatable bonds is 3. The summed E-state index contributed by atoms with van der Waals surface area (Å²) in [6, 6.07) is 3.56. The van der Waals surface area contributed by atoms with Crippen LogP contribution in [0.4, 0.5) is 4.39 Å². The molecule has 1 rings (SSSR count). The van der Waals surface area contributed by atoms with Crippen LogP contribution in [0.2, 0.25) is 0 Å². The topological polar surface area (TPSA) is 9.23 Å². The Hall–Kier alpha value is -0.960. The summed E-state index contributed by atoms with van der Waals surface area (Å²) in [5.41, 5.74) is 2.07. The average molecular weight is 226 g/mol. The van der Waals surface area contributed by atoms with E-state index in [0.717, 1.165) is 11.1 Å². The number of hydrogen-bond acceptors (Lipinski definition) is 2. The number of ether oxygens (including phenoxy) is 1. The molecule has 0 spiro atoms. The minimum atomic E-state index is -0.240. The second kappa shape index (κ2) is 5.21. The van der Waals surface area contributed by atoms with E-state index >= 15 is 0 Å². The molecule has 0 saturated carbocycles. The Balaban J connectivity index is 3.15. The molecule has 1 aromatic rings. The third-order valence-electron chi connectivity index (χ3n) is 2.33. The van der Waals surface area contributed by atoms with Gasteiger partial charge in [-0.3, -0.25) is 0 Å². The van der Waals surface area contributed by atoms with Gasteiger partial charge in [0, 0.05) is 0 Å². The van der Waals surface area contributed by atoms with Crippen LogP contribution in [-0.4, -0.2) is 11.7 Å². The SMILES string of the molecule is CCOC(=S)c1ccc(C)c(CC)c1F. The molecule has 0 atom stereocenters. The monoisotopic (exact) mass is 226 g/mol. The van der Waals surface area contributed by atoms with Crippen LogP contribution in [0.3, 0.4) is 0 Å². The molecule has 1 aromatic carbocycles. The van der Waals surface area contributed by atoms with E-state index in [1.165, 1.54) is 0 Å². The maximum atomic E-state index is 13.9. The molecule has 0 aliphatic heterocycles. The lowest BCUT2D eigenvalue weighted by molar-refractivity contribution is 0.336. The molecule has 82 valence electrons. The molecule has 0 aliphatic rings. The molecule has 1 nitrogen and oxygen atoms in total.